The van der Waals surface area contributed by atoms with E-state index in [2.05, 4.69) is 26.0 Å². The maximum atomic E-state index is 13.0. The Balaban J connectivity index is 1.55. The molecule has 2 heterocycles. The summed E-state index contributed by atoms with van der Waals surface area (Å²) in [6.07, 6.45) is 1.45. The first-order valence-electron chi connectivity index (χ1n) is 10.8. The summed E-state index contributed by atoms with van der Waals surface area (Å²) in [5, 5.41) is 3.53. The number of rotatable bonds is 8. The molecular weight excluding hydrogens is 627 g/mol. The normalized spacial score (nSPS) is 14.2. The number of imide groups is 1. The number of urea groups is 1. The van der Waals surface area contributed by atoms with E-state index < -0.39 is 17.9 Å². The molecule has 2 aromatic carbocycles. The van der Waals surface area contributed by atoms with Gasteiger partial charge in [0.2, 0.25) is 5.76 Å². The zero-order valence-corrected chi connectivity index (χ0v) is 23.6. The zero-order valence-electron chi connectivity index (χ0n) is 19.8. The second kappa shape index (κ2) is 11.7. The van der Waals surface area contributed by atoms with Crippen LogP contribution in [0.3, 0.4) is 0 Å². The van der Waals surface area contributed by atoms with Gasteiger partial charge in [0.05, 0.1) is 30.8 Å². The largest absolute Gasteiger partial charge is 0.493 e. The summed E-state index contributed by atoms with van der Waals surface area (Å²) in [5.41, 5.74) is 1.21. The predicted octanol–water partition coefficient (Wildman–Crippen LogP) is 6.47. The maximum Gasteiger partial charge on any atom is 0.373 e. The number of amides is 3. The minimum atomic E-state index is -0.672. The lowest BCUT2D eigenvalue weighted by Crippen LogP contribution is -2.30. The van der Waals surface area contributed by atoms with E-state index >= 15 is 0 Å². The Morgan fingerprint density at radius 1 is 1.11 bits per heavy atom. The van der Waals surface area contributed by atoms with E-state index in [-0.39, 0.29) is 41.1 Å². The monoisotopic (exact) mass is 642 g/mol. The molecule has 3 aromatic rings. The number of methoxy groups -OCH3 is 2. The van der Waals surface area contributed by atoms with Crippen LogP contribution < -0.4 is 14.8 Å². The zero-order chi connectivity index (χ0) is 27.6. The molecule has 0 saturated carbocycles. The molecule has 0 radical (unpaired) electrons. The van der Waals surface area contributed by atoms with Gasteiger partial charge in [0.15, 0.2) is 11.5 Å². The molecule has 0 spiro atoms. The van der Waals surface area contributed by atoms with E-state index in [1.165, 1.54) is 32.4 Å². The highest BCUT2D eigenvalue weighted by Gasteiger charge is 2.35. The lowest BCUT2D eigenvalue weighted by atomic mass is 10.1. The summed E-state index contributed by atoms with van der Waals surface area (Å²) in [5.74, 6) is -0.536. The Morgan fingerprint density at radius 3 is 2.55 bits per heavy atom. The number of nitrogens with one attached hydrogen (secondary N) is 1. The highest BCUT2D eigenvalue weighted by atomic mass is 79.9. The first-order valence-corrected chi connectivity index (χ1v) is 12.7. The molecule has 13 heteroatoms. The summed E-state index contributed by atoms with van der Waals surface area (Å²) in [7, 11) is 2.66. The molecule has 0 atom stereocenters. The van der Waals surface area contributed by atoms with Gasteiger partial charge in [-0.15, -0.1) is 0 Å². The SMILES string of the molecule is COC(=O)c1ccc(CN2C(=O)N/C(=C\c3cc(OC)c(OCc4ccc(Cl)c(Cl)c4)c(Cl)c3Br)C2=O)o1. The van der Waals surface area contributed by atoms with E-state index in [4.69, 9.17) is 48.7 Å². The van der Waals surface area contributed by atoms with Crippen molar-refractivity contribution in [1.29, 1.82) is 0 Å². The topological polar surface area (TPSA) is 107 Å². The van der Waals surface area contributed by atoms with Gasteiger partial charge in [0, 0.05) is 4.47 Å². The maximum absolute atomic E-state index is 13.0. The van der Waals surface area contributed by atoms with Crippen LogP contribution in [-0.2, 0) is 22.7 Å². The van der Waals surface area contributed by atoms with Gasteiger partial charge in [0.1, 0.15) is 23.1 Å². The fourth-order valence-corrected chi connectivity index (χ4v) is 4.47. The van der Waals surface area contributed by atoms with Crippen molar-refractivity contribution < 1.29 is 33.0 Å². The molecular formula is C25H18BrCl3N2O7. The second-order valence-electron chi connectivity index (χ2n) is 7.80. The van der Waals surface area contributed by atoms with Crippen LogP contribution in [0.1, 0.15) is 27.4 Å². The van der Waals surface area contributed by atoms with Crippen molar-refractivity contribution in [2.45, 2.75) is 13.2 Å². The summed E-state index contributed by atoms with van der Waals surface area (Å²) in [6, 6.07) is 8.92. The summed E-state index contributed by atoms with van der Waals surface area (Å²) < 4.78 is 21.7. The Bertz CT molecular complexity index is 1470. The van der Waals surface area contributed by atoms with Gasteiger partial charge in [0.25, 0.3) is 5.91 Å². The molecule has 9 nitrogen and oxygen atoms in total. The number of nitrogens with zero attached hydrogens (tertiary/aromatic N) is 1. The Hall–Kier alpha value is -3.18. The summed E-state index contributed by atoms with van der Waals surface area (Å²) in [4.78, 5) is 38.0. The Kier molecular flexibility index (Phi) is 8.57. The summed E-state index contributed by atoms with van der Waals surface area (Å²) >= 11 is 22.0. The van der Waals surface area contributed by atoms with Crippen molar-refractivity contribution in [3.8, 4) is 11.5 Å². The molecule has 3 amide bonds. The number of benzene rings is 2. The molecule has 1 aliphatic heterocycles. The third-order valence-corrected chi connectivity index (χ3v) is 7.55. The molecule has 0 bridgehead atoms. The number of hydrogen-bond donors (Lipinski definition) is 1. The minimum Gasteiger partial charge on any atom is -0.493 e. The van der Waals surface area contributed by atoms with Crippen molar-refractivity contribution in [3.05, 3.63) is 84.3 Å². The van der Waals surface area contributed by atoms with Gasteiger partial charge < -0.3 is 23.9 Å². The number of furan rings is 1. The van der Waals surface area contributed by atoms with Gasteiger partial charge in [-0.05, 0) is 63.5 Å². The van der Waals surface area contributed by atoms with Crippen molar-refractivity contribution in [2.75, 3.05) is 14.2 Å². The van der Waals surface area contributed by atoms with E-state index in [0.29, 0.717) is 25.8 Å². The minimum absolute atomic E-state index is 0.00181. The first-order chi connectivity index (χ1) is 18.1. The second-order valence-corrected chi connectivity index (χ2v) is 9.78. The van der Waals surface area contributed by atoms with E-state index in [1.54, 1.807) is 24.3 Å². The third kappa shape index (κ3) is 5.78. The van der Waals surface area contributed by atoms with Crippen LogP contribution in [-0.4, -0.2) is 37.0 Å². The number of halogens is 4. The predicted molar refractivity (Wildman–Crippen MR) is 144 cm³/mol. The van der Waals surface area contributed by atoms with Gasteiger partial charge in [-0.2, -0.15) is 0 Å². The fourth-order valence-electron chi connectivity index (χ4n) is 3.48. The summed E-state index contributed by atoms with van der Waals surface area (Å²) in [6.45, 7) is -0.0560. The fraction of sp³-hybridized carbons (Fsp3) is 0.160. The van der Waals surface area contributed by atoms with Crippen LogP contribution >= 0.6 is 50.7 Å². The number of ether oxygens (including phenoxy) is 3. The smallest absolute Gasteiger partial charge is 0.373 e. The third-order valence-electron chi connectivity index (χ3n) is 5.37. The van der Waals surface area contributed by atoms with Gasteiger partial charge in [-0.3, -0.25) is 9.69 Å². The van der Waals surface area contributed by atoms with Crippen LogP contribution in [0.4, 0.5) is 4.79 Å². The van der Waals surface area contributed by atoms with Gasteiger partial charge >= 0.3 is 12.0 Å². The molecule has 1 fully saturated rings. The van der Waals surface area contributed by atoms with Gasteiger partial charge in [-0.1, -0.05) is 40.9 Å². The van der Waals surface area contributed by atoms with Crippen molar-refractivity contribution in [2.24, 2.45) is 0 Å². The van der Waals surface area contributed by atoms with E-state index in [0.717, 1.165) is 10.5 Å². The van der Waals surface area contributed by atoms with Crippen LogP contribution in [0.25, 0.3) is 6.08 Å². The first kappa shape index (κ1) is 27.8. The lowest BCUT2D eigenvalue weighted by molar-refractivity contribution is -0.123. The van der Waals surface area contributed by atoms with E-state index in [9.17, 15) is 14.4 Å². The van der Waals surface area contributed by atoms with Crippen molar-refractivity contribution in [1.82, 2.24) is 10.2 Å². The molecule has 1 saturated heterocycles. The molecule has 38 heavy (non-hydrogen) atoms. The van der Waals surface area contributed by atoms with Crippen LogP contribution in [0.15, 0.2) is 51.0 Å². The van der Waals surface area contributed by atoms with Gasteiger partial charge in [-0.25, -0.2) is 9.59 Å². The standard InChI is InChI=1S/C25H18BrCl3N2O7/c1-35-19-9-13(20(26)21(29)22(19)37-11-12-3-5-15(27)16(28)7-12)8-17-23(32)31(25(34)30-17)10-14-4-6-18(38-14)24(33)36-2/h3-9H,10-11H2,1-2H3,(H,30,34)/b17-8-. The highest BCUT2D eigenvalue weighted by molar-refractivity contribution is 9.10. The Morgan fingerprint density at radius 2 is 1.87 bits per heavy atom. The van der Waals surface area contributed by atoms with Crippen LogP contribution in [0, 0.1) is 0 Å². The molecule has 1 N–H and O–H groups in total. The average molecular weight is 645 g/mol. The lowest BCUT2D eigenvalue weighted by Gasteiger charge is -2.16. The van der Waals surface area contributed by atoms with E-state index in [1.807, 2.05) is 0 Å². The van der Waals surface area contributed by atoms with Crippen LogP contribution in [0.2, 0.25) is 15.1 Å². The molecule has 1 aliphatic rings. The molecule has 0 unspecified atom stereocenters. The number of hydrogen-bond acceptors (Lipinski definition) is 7. The number of esters is 1. The Labute approximate surface area is 240 Å². The van der Waals surface area contributed by atoms with Crippen LogP contribution in [0.5, 0.6) is 11.5 Å². The quantitative estimate of drug-likeness (QED) is 0.170. The van der Waals surface area contributed by atoms with Crippen molar-refractivity contribution in [3.63, 3.8) is 0 Å². The molecule has 198 valence electrons. The molecule has 4 rings (SSSR count). The number of carbonyl (C=O) groups excluding carboxylic acids is 3. The molecule has 0 aliphatic carbocycles. The van der Waals surface area contributed by atoms with Crippen molar-refractivity contribution >= 4 is 74.7 Å². The molecule has 1 aromatic heterocycles. The average Bonchev–Trinajstić information content (AvgIpc) is 3.48. The highest BCUT2D eigenvalue weighted by Crippen LogP contribution is 2.44. The number of carbonyl (C=O) groups is 3.